The lowest BCUT2D eigenvalue weighted by atomic mass is 10.2. The van der Waals surface area contributed by atoms with Crippen LogP contribution in [0.2, 0.25) is 0 Å². The Balaban J connectivity index is 2.02. The van der Waals surface area contributed by atoms with Gasteiger partial charge in [0.15, 0.2) is 11.5 Å². The van der Waals surface area contributed by atoms with Gasteiger partial charge in [0.25, 0.3) is 0 Å². The van der Waals surface area contributed by atoms with Crippen LogP contribution in [-0.4, -0.2) is 13.7 Å². The monoisotopic (exact) mass is 291 g/mol. The predicted molar refractivity (Wildman–Crippen MR) is 83.6 cm³/mol. The molecular weight excluding hydrogens is 270 g/mol. The first kappa shape index (κ1) is 14.9. The molecule has 1 heterocycles. The maximum absolute atomic E-state index is 5.87. The maximum atomic E-state index is 5.87. The molecule has 2 rings (SSSR count). The summed E-state index contributed by atoms with van der Waals surface area (Å²) in [6, 6.07) is 8.16. The second-order valence-corrected chi connectivity index (χ2v) is 5.36. The summed E-state index contributed by atoms with van der Waals surface area (Å²) in [5.41, 5.74) is 2.39. The smallest absolute Gasteiger partial charge is 0.161 e. The quantitative estimate of drug-likeness (QED) is 0.750. The van der Waals surface area contributed by atoms with Gasteiger partial charge in [0.1, 0.15) is 6.61 Å². The van der Waals surface area contributed by atoms with Gasteiger partial charge in [-0.05, 0) is 53.1 Å². The highest BCUT2D eigenvalue weighted by atomic mass is 32.1. The van der Waals surface area contributed by atoms with Crippen molar-refractivity contribution in [1.29, 1.82) is 0 Å². The van der Waals surface area contributed by atoms with E-state index in [0.717, 1.165) is 31.0 Å². The van der Waals surface area contributed by atoms with Crippen molar-refractivity contribution in [3.8, 4) is 11.5 Å². The molecule has 2 aromatic rings. The minimum atomic E-state index is 0.575. The lowest BCUT2D eigenvalue weighted by Crippen LogP contribution is -2.13. The van der Waals surface area contributed by atoms with Crippen LogP contribution in [0.3, 0.4) is 0 Å². The average Bonchev–Trinajstić information content (AvgIpc) is 2.99. The van der Waals surface area contributed by atoms with E-state index >= 15 is 0 Å². The minimum Gasteiger partial charge on any atom is -0.493 e. The van der Waals surface area contributed by atoms with Gasteiger partial charge in [0, 0.05) is 6.54 Å². The first-order chi connectivity index (χ1) is 9.83. The van der Waals surface area contributed by atoms with Gasteiger partial charge in [0.2, 0.25) is 0 Å². The fourth-order valence-corrected chi connectivity index (χ4v) is 2.54. The molecular formula is C16H21NO2S. The standard InChI is InChI=1S/C16H21NO2S/c1-3-7-17-10-13-4-5-15(18-2)16(9-13)19-11-14-6-8-20-12-14/h4-6,8-9,12,17H,3,7,10-11H2,1-2H3. The van der Waals surface area contributed by atoms with Crippen LogP contribution in [0.15, 0.2) is 35.0 Å². The Labute approximate surface area is 124 Å². The van der Waals surface area contributed by atoms with Crippen molar-refractivity contribution in [3.05, 3.63) is 46.2 Å². The molecule has 4 heteroatoms. The Morgan fingerprint density at radius 3 is 2.75 bits per heavy atom. The lowest BCUT2D eigenvalue weighted by Gasteiger charge is -2.12. The molecule has 3 nitrogen and oxygen atoms in total. The van der Waals surface area contributed by atoms with Gasteiger partial charge in [-0.15, -0.1) is 0 Å². The Hall–Kier alpha value is -1.52. The largest absolute Gasteiger partial charge is 0.493 e. The van der Waals surface area contributed by atoms with Crippen LogP contribution in [0.1, 0.15) is 24.5 Å². The van der Waals surface area contributed by atoms with Crippen molar-refractivity contribution in [3.63, 3.8) is 0 Å². The highest BCUT2D eigenvalue weighted by molar-refractivity contribution is 7.07. The Kier molecular flexibility index (Phi) is 5.89. The SMILES string of the molecule is CCCNCc1ccc(OC)c(OCc2ccsc2)c1. The number of ether oxygens (including phenoxy) is 2. The molecule has 0 aliphatic heterocycles. The third-order valence-corrected chi connectivity index (χ3v) is 3.69. The van der Waals surface area contributed by atoms with Crippen molar-refractivity contribution in [1.82, 2.24) is 5.32 Å². The molecule has 0 saturated carbocycles. The van der Waals surface area contributed by atoms with E-state index in [4.69, 9.17) is 9.47 Å². The molecule has 0 radical (unpaired) electrons. The van der Waals surface area contributed by atoms with Crippen molar-refractivity contribution >= 4 is 11.3 Å². The van der Waals surface area contributed by atoms with Crippen molar-refractivity contribution in [2.75, 3.05) is 13.7 Å². The minimum absolute atomic E-state index is 0.575. The number of hydrogen-bond donors (Lipinski definition) is 1. The number of rotatable bonds is 8. The van der Waals surface area contributed by atoms with Crippen LogP contribution in [0.4, 0.5) is 0 Å². The van der Waals surface area contributed by atoms with Crippen LogP contribution in [0.5, 0.6) is 11.5 Å². The molecule has 1 aromatic heterocycles. The second-order valence-electron chi connectivity index (χ2n) is 4.58. The molecule has 0 saturated heterocycles. The number of thiophene rings is 1. The zero-order chi connectivity index (χ0) is 14.2. The van der Waals surface area contributed by atoms with Gasteiger partial charge in [0.05, 0.1) is 7.11 Å². The molecule has 0 aliphatic rings. The molecule has 0 spiro atoms. The van der Waals surface area contributed by atoms with Gasteiger partial charge in [-0.25, -0.2) is 0 Å². The summed E-state index contributed by atoms with van der Waals surface area (Å²) < 4.78 is 11.2. The van der Waals surface area contributed by atoms with Crippen molar-refractivity contribution in [2.45, 2.75) is 26.5 Å². The third-order valence-electron chi connectivity index (χ3n) is 2.96. The molecule has 1 N–H and O–H groups in total. The van der Waals surface area contributed by atoms with Crippen LogP contribution < -0.4 is 14.8 Å². The van der Waals surface area contributed by atoms with E-state index in [1.54, 1.807) is 18.4 Å². The number of methoxy groups -OCH3 is 1. The van der Waals surface area contributed by atoms with E-state index < -0.39 is 0 Å². The van der Waals surface area contributed by atoms with Gasteiger partial charge in [-0.2, -0.15) is 11.3 Å². The van der Waals surface area contributed by atoms with Crippen LogP contribution in [0.25, 0.3) is 0 Å². The van der Waals surface area contributed by atoms with E-state index in [2.05, 4.69) is 35.1 Å². The summed E-state index contributed by atoms with van der Waals surface area (Å²) >= 11 is 1.68. The van der Waals surface area contributed by atoms with E-state index in [0.29, 0.717) is 6.61 Å². The van der Waals surface area contributed by atoms with Gasteiger partial charge in [-0.3, -0.25) is 0 Å². The molecule has 0 amide bonds. The van der Waals surface area contributed by atoms with Crippen molar-refractivity contribution < 1.29 is 9.47 Å². The fraction of sp³-hybridized carbons (Fsp3) is 0.375. The fourth-order valence-electron chi connectivity index (χ4n) is 1.89. The Bertz CT molecular complexity index is 511. The third kappa shape index (κ3) is 4.25. The summed E-state index contributed by atoms with van der Waals surface area (Å²) in [4.78, 5) is 0. The van der Waals surface area contributed by atoms with E-state index in [1.807, 2.05) is 12.1 Å². The summed E-state index contributed by atoms with van der Waals surface area (Å²) in [7, 11) is 1.67. The Morgan fingerprint density at radius 2 is 2.05 bits per heavy atom. The summed E-state index contributed by atoms with van der Waals surface area (Å²) in [6.07, 6.45) is 1.14. The van der Waals surface area contributed by atoms with Crippen LogP contribution in [-0.2, 0) is 13.2 Å². The van der Waals surface area contributed by atoms with Crippen LogP contribution >= 0.6 is 11.3 Å². The van der Waals surface area contributed by atoms with E-state index in [9.17, 15) is 0 Å². The molecule has 0 aliphatic carbocycles. The molecule has 108 valence electrons. The predicted octanol–water partition coefficient (Wildman–Crippen LogP) is 3.84. The number of benzene rings is 1. The first-order valence-corrected chi connectivity index (χ1v) is 7.79. The molecule has 0 atom stereocenters. The van der Waals surface area contributed by atoms with Gasteiger partial charge in [-0.1, -0.05) is 13.0 Å². The Morgan fingerprint density at radius 1 is 1.15 bits per heavy atom. The molecule has 0 bridgehead atoms. The second kappa shape index (κ2) is 7.92. The zero-order valence-corrected chi connectivity index (χ0v) is 12.8. The summed E-state index contributed by atoms with van der Waals surface area (Å²) in [6.45, 7) is 4.62. The topological polar surface area (TPSA) is 30.5 Å². The number of nitrogens with one attached hydrogen (secondary N) is 1. The van der Waals surface area contributed by atoms with Crippen molar-refractivity contribution in [2.24, 2.45) is 0 Å². The first-order valence-electron chi connectivity index (χ1n) is 6.85. The zero-order valence-electron chi connectivity index (χ0n) is 12.0. The average molecular weight is 291 g/mol. The molecule has 0 fully saturated rings. The van der Waals surface area contributed by atoms with E-state index in [-0.39, 0.29) is 0 Å². The van der Waals surface area contributed by atoms with Crippen LogP contribution in [0, 0.1) is 0 Å². The highest BCUT2D eigenvalue weighted by Gasteiger charge is 2.06. The lowest BCUT2D eigenvalue weighted by molar-refractivity contribution is 0.284. The highest BCUT2D eigenvalue weighted by Crippen LogP contribution is 2.29. The molecule has 20 heavy (non-hydrogen) atoms. The maximum Gasteiger partial charge on any atom is 0.161 e. The normalized spacial score (nSPS) is 10.5. The van der Waals surface area contributed by atoms with E-state index in [1.165, 1.54) is 11.1 Å². The summed E-state index contributed by atoms with van der Waals surface area (Å²) in [5.74, 6) is 1.58. The van der Waals surface area contributed by atoms with Gasteiger partial charge >= 0.3 is 0 Å². The number of hydrogen-bond acceptors (Lipinski definition) is 4. The van der Waals surface area contributed by atoms with Gasteiger partial charge < -0.3 is 14.8 Å². The molecule has 1 aromatic carbocycles. The molecule has 0 unspecified atom stereocenters. The summed E-state index contributed by atoms with van der Waals surface area (Å²) in [5, 5.41) is 7.54.